The zero-order valence-electron chi connectivity index (χ0n) is 11.5. The average Bonchev–Trinajstić information content (AvgIpc) is 2.38. The first-order valence-corrected chi connectivity index (χ1v) is 8.51. The Kier molecular flexibility index (Phi) is 4.45. The molecule has 6 heteroatoms. The predicted octanol–water partition coefficient (Wildman–Crippen LogP) is 0.722. The van der Waals surface area contributed by atoms with Crippen molar-refractivity contribution >= 4 is 15.7 Å². The van der Waals surface area contributed by atoms with E-state index in [1.54, 1.807) is 11.8 Å². The van der Waals surface area contributed by atoms with E-state index in [0.717, 1.165) is 5.56 Å². The van der Waals surface area contributed by atoms with Crippen LogP contribution in [0, 0.1) is 0 Å². The molecule has 1 aliphatic rings. The summed E-state index contributed by atoms with van der Waals surface area (Å²) < 4.78 is 23.0. The lowest BCUT2D eigenvalue weighted by Crippen LogP contribution is -2.50. The number of carbonyl (C=O) groups excluding carboxylic acids is 1. The first-order chi connectivity index (χ1) is 9.39. The summed E-state index contributed by atoms with van der Waals surface area (Å²) in [6.45, 7) is 2.03. The third-order valence-corrected chi connectivity index (χ3v) is 5.41. The lowest BCUT2D eigenvalue weighted by molar-refractivity contribution is -0.133. The van der Waals surface area contributed by atoms with E-state index in [0.29, 0.717) is 0 Å². The van der Waals surface area contributed by atoms with E-state index in [4.69, 9.17) is 5.73 Å². The number of benzene rings is 1. The minimum absolute atomic E-state index is 0.0410. The maximum atomic E-state index is 12.3. The number of nitrogens with two attached hydrogens (primary N) is 1. The van der Waals surface area contributed by atoms with Crippen molar-refractivity contribution in [3.63, 3.8) is 0 Å². The highest BCUT2D eigenvalue weighted by molar-refractivity contribution is 7.91. The van der Waals surface area contributed by atoms with Gasteiger partial charge in [-0.15, -0.1) is 0 Å². The van der Waals surface area contributed by atoms with Crippen LogP contribution in [0.25, 0.3) is 0 Å². The zero-order chi connectivity index (χ0) is 14.8. The van der Waals surface area contributed by atoms with E-state index in [2.05, 4.69) is 0 Å². The Balaban J connectivity index is 1.99. The topological polar surface area (TPSA) is 80.5 Å². The molecule has 1 heterocycles. The van der Waals surface area contributed by atoms with Gasteiger partial charge in [-0.05, 0) is 12.5 Å². The number of nitrogens with zero attached hydrogens (tertiary/aromatic N) is 1. The second kappa shape index (κ2) is 5.93. The van der Waals surface area contributed by atoms with Crippen molar-refractivity contribution < 1.29 is 13.2 Å². The highest BCUT2D eigenvalue weighted by atomic mass is 32.2. The van der Waals surface area contributed by atoms with E-state index in [1.807, 2.05) is 30.3 Å². The van der Waals surface area contributed by atoms with Crippen molar-refractivity contribution in [3.05, 3.63) is 35.9 Å². The summed E-state index contributed by atoms with van der Waals surface area (Å²) in [4.78, 5) is 13.9. The Morgan fingerprint density at radius 1 is 1.40 bits per heavy atom. The molecule has 2 rings (SSSR count). The summed E-state index contributed by atoms with van der Waals surface area (Å²) in [6.07, 6.45) is 0.203. The highest BCUT2D eigenvalue weighted by Gasteiger charge is 2.31. The van der Waals surface area contributed by atoms with E-state index in [-0.39, 0.29) is 42.5 Å². The van der Waals surface area contributed by atoms with Crippen molar-refractivity contribution in [2.24, 2.45) is 5.73 Å². The maximum Gasteiger partial charge on any atom is 0.224 e. The number of amides is 1. The van der Waals surface area contributed by atoms with Crippen LogP contribution in [0.15, 0.2) is 30.3 Å². The highest BCUT2D eigenvalue weighted by Crippen LogP contribution is 2.18. The minimum Gasteiger partial charge on any atom is -0.338 e. The van der Waals surface area contributed by atoms with E-state index in [9.17, 15) is 13.2 Å². The fourth-order valence-corrected chi connectivity index (χ4v) is 4.05. The number of sulfone groups is 1. The summed E-state index contributed by atoms with van der Waals surface area (Å²) in [5.41, 5.74) is 6.95. The van der Waals surface area contributed by atoms with Gasteiger partial charge in [-0.1, -0.05) is 30.3 Å². The molecule has 20 heavy (non-hydrogen) atoms. The Bertz CT molecular complexity index is 571. The van der Waals surface area contributed by atoms with Crippen molar-refractivity contribution in [3.8, 4) is 0 Å². The largest absolute Gasteiger partial charge is 0.338 e. The lowest BCUT2D eigenvalue weighted by Gasteiger charge is -2.33. The van der Waals surface area contributed by atoms with Crippen LogP contribution in [0.5, 0.6) is 0 Å². The Labute approximate surface area is 119 Å². The molecule has 0 aromatic heterocycles. The fourth-order valence-electron chi connectivity index (χ4n) is 2.49. The number of hydrogen-bond acceptors (Lipinski definition) is 4. The van der Waals surface area contributed by atoms with Crippen LogP contribution in [0.2, 0.25) is 0 Å². The molecule has 2 unspecified atom stereocenters. The summed E-state index contributed by atoms with van der Waals surface area (Å²) in [5, 5.41) is 0. The second-order valence-corrected chi connectivity index (χ2v) is 7.50. The van der Waals surface area contributed by atoms with Crippen LogP contribution in [-0.2, 0) is 14.6 Å². The third kappa shape index (κ3) is 3.58. The third-order valence-electron chi connectivity index (χ3n) is 3.61. The predicted molar refractivity (Wildman–Crippen MR) is 77.8 cm³/mol. The van der Waals surface area contributed by atoms with Crippen LogP contribution >= 0.6 is 0 Å². The lowest BCUT2D eigenvalue weighted by atomic mass is 10.0. The number of carbonyl (C=O) groups is 1. The second-order valence-electron chi connectivity index (χ2n) is 5.27. The minimum atomic E-state index is -3.00. The van der Waals surface area contributed by atoms with Crippen LogP contribution in [0.4, 0.5) is 0 Å². The van der Waals surface area contributed by atoms with Crippen LogP contribution < -0.4 is 5.73 Å². The van der Waals surface area contributed by atoms with E-state index in [1.165, 1.54) is 0 Å². The normalized spacial score (nSPS) is 23.3. The van der Waals surface area contributed by atoms with Crippen molar-refractivity contribution in [2.75, 3.05) is 18.1 Å². The fraction of sp³-hybridized carbons (Fsp3) is 0.500. The molecule has 1 aliphatic heterocycles. The first-order valence-electron chi connectivity index (χ1n) is 6.69. The van der Waals surface area contributed by atoms with Gasteiger partial charge in [-0.3, -0.25) is 4.79 Å². The standard InChI is InChI=1S/C14H20N2O3S/c1-11-10-20(18,19)8-7-16(11)14(17)9-13(15)12-5-3-2-4-6-12/h2-6,11,13H,7-10,15H2,1H3. The molecule has 2 atom stereocenters. The molecule has 0 saturated carbocycles. The number of hydrogen-bond donors (Lipinski definition) is 1. The van der Waals surface area contributed by atoms with Gasteiger partial charge in [0, 0.05) is 25.0 Å². The molecule has 0 bridgehead atoms. The molecule has 1 aromatic carbocycles. The van der Waals surface area contributed by atoms with E-state index < -0.39 is 9.84 Å². The van der Waals surface area contributed by atoms with Crippen molar-refractivity contribution in [1.82, 2.24) is 4.90 Å². The summed E-state index contributed by atoms with van der Waals surface area (Å²) in [6, 6.07) is 8.82. The van der Waals surface area contributed by atoms with Crippen molar-refractivity contribution in [2.45, 2.75) is 25.4 Å². The Hall–Kier alpha value is -1.40. The average molecular weight is 296 g/mol. The molecule has 0 spiro atoms. The SMILES string of the molecule is CC1CS(=O)(=O)CCN1C(=O)CC(N)c1ccccc1. The van der Waals surface area contributed by atoms with Crippen LogP contribution in [-0.4, -0.2) is 43.3 Å². The molecule has 1 fully saturated rings. The first kappa shape index (κ1) is 15.0. The molecular weight excluding hydrogens is 276 g/mol. The zero-order valence-corrected chi connectivity index (χ0v) is 12.3. The Morgan fingerprint density at radius 2 is 2.05 bits per heavy atom. The Morgan fingerprint density at radius 3 is 2.65 bits per heavy atom. The smallest absolute Gasteiger partial charge is 0.224 e. The summed E-state index contributed by atoms with van der Waals surface area (Å²) in [7, 11) is -3.00. The monoisotopic (exact) mass is 296 g/mol. The van der Waals surface area contributed by atoms with Gasteiger partial charge in [-0.25, -0.2) is 8.42 Å². The summed E-state index contributed by atoms with van der Waals surface area (Å²) in [5.74, 6) is 0.00642. The van der Waals surface area contributed by atoms with Gasteiger partial charge < -0.3 is 10.6 Å². The summed E-state index contributed by atoms with van der Waals surface area (Å²) >= 11 is 0. The van der Waals surface area contributed by atoms with Gasteiger partial charge in [0.25, 0.3) is 0 Å². The van der Waals surface area contributed by atoms with Crippen LogP contribution in [0.3, 0.4) is 0 Å². The van der Waals surface area contributed by atoms with Crippen LogP contribution in [0.1, 0.15) is 24.9 Å². The van der Waals surface area contributed by atoms with Gasteiger partial charge in [0.05, 0.1) is 11.5 Å². The number of rotatable bonds is 3. The molecular formula is C14H20N2O3S. The van der Waals surface area contributed by atoms with Gasteiger partial charge in [0.15, 0.2) is 9.84 Å². The quantitative estimate of drug-likeness (QED) is 0.891. The van der Waals surface area contributed by atoms with E-state index >= 15 is 0 Å². The molecule has 1 saturated heterocycles. The maximum absolute atomic E-state index is 12.3. The molecule has 0 radical (unpaired) electrons. The molecule has 0 aliphatic carbocycles. The molecule has 1 aromatic rings. The molecule has 110 valence electrons. The van der Waals surface area contributed by atoms with Gasteiger partial charge >= 0.3 is 0 Å². The van der Waals surface area contributed by atoms with Gasteiger partial charge in [-0.2, -0.15) is 0 Å². The molecule has 2 N–H and O–H groups in total. The van der Waals surface area contributed by atoms with Crippen molar-refractivity contribution in [1.29, 1.82) is 0 Å². The molecule has 5 nitrogen and oxygen atoms in total. The molecule has 1 amide bonds. The van der Waals surface area contributed by atoms with Gasteiger partial charge in [0.2, 0.25) is 5.91 Å². The van der Waals surface area contributed by atoms with Gasteiger partial charge in [0.1, 0.15) is 0 Å².